The van der Waals surface area contributed by atoms with Crippen LogP contribution in [0.3, 0.4) is 0 Å². The first-order chi connectivity index (χ1) is 14.0. The number of benzene rings is 2. The summed E-state index contributed by atoms with van der Waals surface area (Å²) in [5.41, 5.74) is 1.93. The molecule has 2 aromatic rings. The van der Waals surface area contributed by atoms with Crippen LogP contribution in [0.4, 0.5) is 17.1 Å². The highest BCUT2D eigenvalue weighted by Crippen LogP contribution is 2.41. The fourth-order valence-electron chi connectivity index (χ4n) is 3.59. The van der Waals surface area contributed by atoms with Crippen molar-refractivity contribution in [1.82, 2.24) is 0 Å². The zero-order chi connectivity index (χ0) is 20.8. The Morgan fingerprint density at radius 3 is 2.48 bits per heavy atom. The second kappa shape index (κ2) is 9.27. The molecule has 0 bridgehead atoms. The van der Waals surface area contributed by atoms with E-state index in [1.807, 2.05) is 35.2 Å². The van der Waals surface area contributed by atoms with Crippen LogP contribution in [0.15, 0.2) is 42.5 Å². The molecule has 3 rings (SSSR count). The lowest BCUT2D eigenvalue weighted by Crippen LogP contribution is -2.37. The minimum absolute atomic E-state index is 0.0123. The largest absolute Gasteiger partial charge is 0.497 e. The third-order valence-corrected chi connectivity index (χ3v) is 5.18. The van der Waals surface area contributed by atoms with Crippen LogP contribution in [0, 0.1) is 16.0 Å². The van der Waals surface area contributed by atoms with E-state index in [1.54, 1.807) is 12.1 Å². The average Bonchev–Trinajstić information content (AvgIpc) is 2.77. The van der Waals surface area contributed by atoms with Crippen LogP contribution in [0.1, 0.15) is 18.4 Å². The fraction of sp³-hybridized carbons (Fsp3) is 0.381. The predicted octanol–water partition coefficient (Wildman–Crippen LogP) is 3.60. The quantitative estimate of drug-likeness (QED) is 0.432. The van der Waals surface area contributed by atoms with E-state index in [1.165, 1.54) is 14.2 Å². The Hall–Kier alpha value is -3.29. The normalized spacial score (nSPS) is 14.3. The summed E-state index contributed by atoms with van der Waals surface area (Å²) < 4.78 is 10.2. The van der Waals surface area contributed by atoms with Gasteiger partial charge in [-0.1, -0.05) is 30.3 Å². The van der Waals surface area contributed by atoms with E-state index in [2.05, 4.69) is 5.32 Å². The van der Waals surface area contributed by atoms with Crippen molar-refractivity contribution in [1.29, 1.82) is 0 Å². The van der Waals surface area contributed by atoms with Gasteiger partial charge in [-0.05, 0) is 18.4 Å². The molecule has 0 radical (unpaired) electrons. The molecule has 8 nitrogen and oxygen atoms in total. The van der Waals surface area contributed by atoms with Crippen molar-refractivity contribution in [3.05, 3.63) is 58.1 Å². The van der Waals surface area contributed by atoms with Gasteiger partial charge in [0.15, 0.2) is 0 Å². The molecule has 0 saturated carbocycles. The van der Waals surface area contributed by atoms with Gasteiger partial charge >= 0.3 is 11.7 Å². The lowest BCUT2D eigenvalue weighted by molar-refractivity contribution is -0.383. The monoisotopic (exact) mass is 399 g/mol. The van der Waals surface area contributed by atoms with Crippen LogP contribution in [-0.4, -0.2) is 38.2 Å². The predicted molar refractivity (Wildman–Crippen MR) is 110 cm³/mol. The number of rotatable bonds is 7. The summed E-state index contributed by atoms with van der Waals surface area (Å²) in [4.78, 5) is 25.3. The zero-order valence-corrected chi connectivity index (χ0v) is 16.6. The Labute approximate surface area is 169 Å². The number of nitrogens with one attached hydrogen (secondary N) is 1. The fourth-order valence-corrected chi connectivity index (χ4v) is 3.59. The van der Waals surface area contributed by atoms with Crippen molar-refractivity contribution in [2.45, 2.75) is 19.4 Å². The van der Waals surface area contributed by atoms with E-state index in [0.717, 1.165) is 5.56 Å². The van der Waals surface area contributed by atoms with Gasteiger partial charge in [0.25, 0.3) is 0 Å². The lowest BCUT2D eigenvalue weighted by atomic mass is 9.96. The number of esters is 1. The first kappa shape index (κ1) is 20.4. The maximum atomic E-state index is 11.9. The Morgan fingerprint density at radius 2 is 1.90 bits per heavy atom. The number of carbonyl (C=O) groups is 1. The Morgan fingerprint density at radius 1 is 1.21 bits per heavy atom. The maximum absolute atomic E-state index is 11.9. The van der Waals surface area contributed by atoms with Crippen molar-refractivity contribution < 1.29 is 19.2 Å². The number of anilines is 2. The molecule has 2 aromatic carbocycles. The number of hydrogen-bond acceptors (Lipinski definition) is 7. The smallest absolute Gasteiger partial charge is 0.315 e. The molecule has 8 heteroatoms. The van der Waals surface area contributed by atoms with Gasteiger partial charge in [0.1, 0.15) is 17.1 Å². The van der Waals surface area contributed by atoms with Crippen molar-refractivity contribution in [3.63, 3.8) is 0 Å². The molecule has 0 unspecified atom stereocenters. The first-order valence-electron chi connectivity index (χ1n) is 9.50. The number of nitro groups is 1. The molecule has 0 spiro atoms. The van der Waals surface area contributed by atoms with E-state index >= 15 is 0 Å². The first-order valence-corrected chi connectivity index (χ1v) is 9.50. The highest BCUT2D eigenvalue weighted by molar-refractivity contribution is 5.80. The van der Waals surface area contributed by atoms with Gasteiger partial charge in [-0.25, -0.2) is 0 Å². The molecule has 1 fully saturated rings. The van der Waals surface area contributed by atoms with Crippen molar-refractivity contribution >= 4 is 23.0 Å². The molecule has 29 heavy (non-hydrogen) atoms. The highest BCUT2D eigenvalue weighted by Gasteiger charge is 2.31. The Bertz CT molecular complexity index is 864. The molecule has 0 aromatic heterocycles. The van der Waals surface area contributed by atoms with Gasteiger partial charge in [0, 0.05) is 31.8 Å². The number of nitrogens with zero attached hydrogens (tertiary/aromatic N) is 2. The summed E-state index contributed by atoms with van der Waals surface area (Å²) in [7, 11) is 2.92. The van der Waals surface area contributed by atoms with E-state index in [9.17, 15) is 14.9 Å². The van der Waals surface area contributed by atoms with Crippen LogP contribution in [0.5, 0.6) is 5.75 Å². The van der Waals surface area contributed by atoms with E-state index in [4.69, 9.17) is 9.47 Å². The van der Waals surface area contributed by atoms with Gasteiger partial charge in [-0.2, -0.15) is 0 Å². The minimum atomic E-state index is -0.367. The summed E-state index contributed by atoms with van der Waals surface area (Å²) >= 11 is 0. The molecular weight excluding hydrogens is 374 g/mol. The van der Waals surface area contributed by atoms with Gasteiger partial charge in [-0.3, -0.25) is 14.9 Å². The SMILES string of the molecule is COC(=O)C1CCN(c2cc(OC)cc(NCc3ccccc3)c2[N+](=O)[O-])CC1. The van der Waals surface area contributed by atoms with E-state index in [-0.39, 0.29) is 22.5 Å². The zero-order valence-electron chi connectivity index (χ0n) is 16.6. The molecule has 1 N–H and O–H groups in total. The molecule has 154 valence electrons. The number of piperidine rings is 1. The molecule has 1 saturated heterocycles. The molecule has 0 aliphatic carbocycles. The summed E-state index contributed by atoms with van der Waals surface area (Å²) in [6.07, 6.45) is 1.18. The van der Waals surface area contributed by atoms with Crippen molar-refractivity contribution in [2.75, 3.05) is 37.5 Å². The number of carbonyl (C=O) groups excluding carboxylic acids is 1. The van der Waals surface area contributed by atoms with Crippen molar-refractivity contribution in [2.24, 2.45) is 5.92 Å². The van der Waals surface area contributed by atoms with Crippen LogP contribution >= 0.6 is 0 Å². The van der Waals surface area contributed by atoms with Crippen LogP contribution < -0.4 is 15.0 Å². The van der Waals surface area contributed by atoms with Gasteiger partial charge in [-0.15, -0.1) is 0 Å². The maximum Gasteiger partial charge on any atom is 0.315 e. The lowest BCUT2D eigenvalue weighted by Gasteiger charge is -2.32. The molecule has 1 heterocycles. The minimum Gasteiger partial charge on any atom is -0.497 e. The summed E-state index contributed by atoms with van der Waals surface area (Å²) in [6, 6.07) is 13.0. The second-order valence-corrected chi connectivity index (χ2v) is 6.92. The molecule has 0 atom stereocenters. The number of methoxy groups -OCH3 is 2. The third kappa shape index (κ3) is 4.77. The summed E-state index contributed by atoms with van der Waals surface area (Å²) in [5, 5.41) is 15.1. The van der Waals surface area contributed by atoms with E-state index in [0.29, 0.717) is 49.6 Å². The molecule has 1 aliphatic heterocycles. The highest BCUT2D eigenvalue weighted by atomic mass is 16.6. The Balaban J connectivity index is 1.88. The molecule has 0 amide bonds. The van der Waals surface area contributed by atoms with E-state index < -0.39 is 0 Å². The van der Waals surface area contributed by atoms with Gasteiger partial charge < -0.3 is 19.7 Å². The van der Waals surface area contributed by atoms with Crippen molar-refractivity contribution in [3.8, 4) is 5.75 Å². The average molecular weight is 399 g/mol. The second-order valence-electron chi connectivity index (χ2n) is 6.92. The molecule has 1 aliphatic rings. The number of nitro benzene ring substituents is 1. The van der Waals surface area contributed by atoms with Crippen LogP contribution in [-0.2, 0) is 16.1 Å². The van der Waals surface area contributed by atoms with Crippen LogP contribution in [0.2, 0.25) is 0 Å². The Kier molecular flexibility index (Phi) is 6.54. The number of hydrogen-bond donors (Lipinski definition) is 1. The van der Waals surface area contributed by atoms with Gasteiger partial charge in [0.05, 0.1) is 25.1 Å². The number of ether oxygens (including phenoxy) is 2. The summed E-state index contributed by atoms with van der Waals surface area (Å²) in [6.45, 7) is 1.52. The molecular formula is C21H25N3O5. The summed E-state index contributed by atoms with van der Waals surface area (Å²) in [5.74, 6) is 0.142. The van der Waals surface area contributed by atoms with Gasteiger partial charge in [0.2, 0.25) is 0 Å². The standard InChI is InChI=1S/C21H25N3O5/c1-28-17-12-18(22-14-15-6-4-3-5-7-15)20(24(26)27)19(13-17)23-10-8-16(9-11-23)21(25)29-2/h3-7,12-13,16,22H,8-11,14H2,1-2H3. The third-order valence-electron chi connectivity index (χ3n) is 5.18. The van der Waals surface area contributed by atoms with Crippen LogP contribution in [0.25, 0.3) is 0 Å². The topological polar surface area (TPSA) is 93.9 Å².